The molecule has 5 heteroatoms. The Kier molecular flexibility index (Phi) is 4.30. The third-order valence-corrected chi connectivity index (χ3v) is 3.18. The number of anilines is 2. The number of hydrogen-bond acceptors (Lipinski definition) is 4. The summed E-state index contributed by atoms with van der Waals surface area (Å²) in [4.78, 5) is 13.8. The molecule has 0 atom stereocenters. The summed E-state index contributed by atoms with van der Waals surface area (Å²) in [6.07, 6.45) is 1.67. The molecule has 5 nitrogen and oxygen atoms in total. The van der Waals surface area contributed by atoms with Gasteiger partial charge >= 0.3 is 0 Å². The molecule has 1 aromatic heterocycles. The largest absolute Gasteiger partial charge is 0.497 e. The molecule has 0 bridgehead atoms. The van der Waals surface area contributed by atoms with Gasteiger partial charge in [0, 0.05) is 49.8 Å². The van der Waals surface area contributed by atoms with Crippen molar-refractivity contribution in [2.45, 2.75) is 6.54 Å². The predicted octanol–water partition coefficient (Wildman–Crippen LogP) is 1.58. The van der Waals surface area contributed by atoms with Crippen LogP contribution in [0, 0.1) is 0 Å². The van der Waals surface area contributed by atoms with Crippen molar-refractivity contribution in [3.05, 3.63) is 52.9 Å². The molecule has 0 saturated carbocycles. The Bertz CT molecular complexity index is 637. The quantitative estimate of drug-likeness (QED) is 0.898. The minimum Gasteiger partial charge on any atom is -0.497 e. The highest BCUT2D eigenvalue weighted by molar-refractivity contribution is 5.50. The van der Waals surface area contributed by atoms with Gasteiger partial charge in [0.1, 0.15) is 5.75 Å². The Morgan fingerprint density at radius 2 is 2.10 bits per heavy atom. The molecule has 1 heterocycles. The smallest absolute Gasteiger partial charge is 0.250 e. The Hall–Kier alpha value is -2.43. The zero-order valence-corrected chi connectivity index (χ0v) is 11.7. The topological polar surface area (TPSA) is 60.5 Å². The maximum absolute atomic E-state index is 11.7. The van der Waals surface area contributed by atoms with Crippen LogP contribution in [0.25, 0.3) is 0 Å². The van der Waals surface area contributed by atoms with Crippen molar-refractivity contribution >= 4 is 11.4 Å². The molecule has 0 aliphatic carbocycles. The molecule has 1 aromatic carbocycles. The number of ether oxygens (including phenoxy) is 1. The van der Waals surface area contributed by atoms with Crippen LogP contribution < -0.4 is 20.9 Å². The summed E-state index contributed by atoms with van der Waals surface area (Å²) in [6, 6.07) is 10.9. The average Bonchev–Trinajstić information content (AvgIpc) is 2.48. The van der Waals surface area contributed by atoms with E-state index in [0.29, 0.717) is 18.8 Å². The third kappa shape index (κ3) is 3.32. The lowest BCUT2D eigenvalue weighted by Crippen LogP contribution is -2.28. The number of benzene rings is 1. The Labute approximate surface area is 118 Å². The second-order valence-electron chi connectivity index (χ2n) is 4.62. The van der Waals surface area contributed by atoms with Crippen LogP contribution in [-0.2, 0) is 6.54 Å². The minimum absolute atomic E-state index is 0.0433. The highest BCUT2D eigenvalue weighted by atomic mass is 16.5. The lowest BCUT2D eigenvalue weighted by atomic mass is 10.3. The van der Waals surface area contributed by atoms with Gasteiger partial charge in [-0.3, -0.25) is 4.79 Å². The molecule has 2 aromatic rings. The molecule has 0 aliphatic heterocycles. The van der Waals surface area contributed by atoms with Crippen molar-refractivity contribution < 1.29 is 4.74 Å². The summed E-state index contributed by atoms with van der Waals surface area (Å²) in [5.74, 6) is 0.815. The van der Waals surface area contributed by atoms with Crippen LogP contribution in [-0.4, -0.2) is 25.3 Å². The van der Waals surface area contributed by atoms with E-state index in [2.05, 4.69) is 4.90 Å². The van der Waals surface area contributed by atoms with E-state index < -0.39 is 0 Å². The zero-order chi connectivity index (χ0) is 14.5. The van der Waals surface area contributed by atoms with Gasteiger partial charge in [-0.25, -0.2) is 0 Å². The number of nitrogens with zero attached hydrogens (tertiary/aromatic N) is 2. The molecule has 0 fully saturated rings. The van der Waals surface area contributed by atoms with E-state index in [1.54, 1.807) is 23.9 Å². The highest BCUT2D eigenvalue weighted by Gasteiger charge is 2.03. The SMILES string of the molecule is COc1cccc(N(C)CCn2cc(N)ccc2=O)c1. The van der Waals surface area contributed by atoms with E-state index in [9.17, 15) is 4.79 Å². The van der Waals surface area contributed by atoms with Gasteiger partial charge in [-0.1, -0.05) is 6.07 Å². The molecule has 106 valence electrons. The summed E-state index contributed by atoms with van der Waals surface area (Å²) in [5.41, 5.74) is 7.28. The second kappa shape index (κ2) is 6.14. The van der Waals surface area contributed by atoms with Gasteiger partial charge in [-0.05, 0) is 18.2 Å². The first-order valence-electron chi connectivity index (χ1n) is 6.41. The van der Waals surface area contributed by atoms with Gasteiger partial charge in [0.2, 0.25) is 0 Å². The van der Waals surface area contributed by atoms with Crippen LogP contribution >= 0.6 is 0 Å². The normalized spacial score (nSPS) is 10.3. The van der Waals surface area contributed by atoms with Crippen molar-refractivity contribution in [1.29, 1.82) is 0 Å². The fourth-order valence-electron chi connectivity index (χ4n) is 1.96. The molecule has 0 radical (unpaired) electrons. The molecule has 2 N–H and O–H groups in total. The molecular weight excluding hydrogens is 254 g/mol. The molecule has 0 amide bonds. The van der Waals surface area contributed by atoms with Crippen LogP contribution in [0.15, 0.2) is 47.4 Å². The van der Waals surface area contributed by atoms with Crippen molar-refractivity contribution in [2.75, 3.05) is 31.3 Å². The van der Waals surface area contributed by atoms with Gasteiger partial charge in [0.05, 0.1) is 7.11 Å². The van der Waals surface area contributed by atoms with Crippen LogP contribution in [0.1, 0.15) is 0 Å². The first kappa shape index (κ1) is 14.0. The van der Waals surface area contributed by atoms with Gasteiger partial charge < -0.3 is 19.9 Å². The minimum atomic E-state index is -0.0433. The van der Waals surface area contributed by atoms with Gasteiger partial charge in [0.25, 0.3) is 5.56 Å². The van der Waals surface area contributed by atoms with Gasteiger partial charge in [0.15, 0.2) is 0 Å². The molecule has 20 heavy (non-hydrogen) atoms. The van der Waals surface area contributed by atoms with Crippen molar-refractivity contribution in [2.24, 2.45) is 0 Å². The fraction of sp³-hybridized carbons (Fsp3) is 0.267. The zero-order valence-electron chi connectivity index (χ0n) is 11.7. The number of rotatable bonds is 5. The standard InChI is InChI=1S/C15H19N3O2/c1-17(13-4-3-5-14(10-13)20-2)8-9-18-11-12(16)6-7-15(18)19/h3-7,10-11H,8-9,16H2,1-2H3. The monoisotopic (exact) mass is 273 g/mol. The van der Waals surface area contributed by atoms with E-state index in [1.807, 2.05) is 31.3 Å². The lowest BCUT2D eigenvalue weighted by molar-refractivity contribution is 0.415. The molecule has 0 aliphatic rings. The molecule has 0 spiro atoms. The third-order valence-electron chi connectivity index (χ3n) is 3.18. The number of hydrogen-bond donors (Lipinski definition) is 1. The van der Waals surface area contributed by atoms with Crippen molar-refractivity contribution in [3.8, 4) is 5.75 Å². The Balaban J connectivity index is 2.06. The number of pyridine rings is 1. The first-order chi connectivity index (χ1) is 9.60. The summed E-state index contributed by atoms with van der Waals surface area (Å²) in [5, 5.41) is 0. The van der Waals surface area contributed by atoms with Crippen LogP contribution in [0.2, 0.25) is 0 Å². The fourth-order valence-corrected chi connectivity index (χ4v) is 1.96. The van der Waals surface area contributed by atoms with Crippen LogP contribution in [0.5, 0.6) is 5.75 Å². The number of aromatic nitrogens is 1. The summed E-state index contributed by atoms with van der Waals surface area (Å²) in [6.45, 7) is 1.29. The summed E-state index contributed by atoms with van der Waals surface area (Å²) in [7, 11) is 3.62. The lowest BCUT2D eigenvalue weighted by Gasteiger charge is -2.20. The molecule has 0 unspecified atom stereocenters. The van der Waals surface area contributed by atoms with Crippen LogP contribution in [0.3, 0.4) is 0 Å². The Morgan fingerprint density at radius 1 is 1.30 bits per heavy atom. The number of nitrogens with two attached hydrogens (primary N) is 1. The average molecular weight is 273 g/mol. The van der Waals surface area contributed by atoms with Gasteiger partial charge in [-0.15, -0.1) is 0 Å². The van der Waals surface area contributed by atoms with Crippen molar-refractivity contribution in [3.63, 3.8) is 0 Å². The van der Waals surface area contributed by atoms with Gasteiger partial charge in [-0.2, -0.15) is 0 Å². The number of likely N-dealkylation sites (N-methyl/N-ethyl adjacent to an activating group) is 1. The number of nitrogen functional groups attached to an aromatic ring is 1. The maximum atomic E-state index is 11.7. The first-order valence-corrected chi connectivity index (χ1v) is 6.41. The highest BCUT2D eigenvalue weighted by Crippen LogP contribution is 2.19. The maximum Gasteiger partial charge on any atom is 0.250 e. The van der Waals surface area contributed by atoms with E-state index in [-0.39, 0.29) is 5.56 Å². The summed E-state index contributed by atoms with van der Waals surface area (Å²) < 4.78 is 6.82. The summed E-state index contributed by atoms with van der Waals surface area (Å²) >= 11 is 0. The molecule has 0 saturated heterocycles. The van der Waals surface area contributed by atoms with Crippen LogP contribution in [0.4, 0.5) is 11.4 Å². The molecular formula is C15H19N3O2. The second-order valence-corrected chi connectivity index (χ2v) is 4.62. The van der Waals surface area contributed by atoms with E-state index in [4.69, 9.17) is 10.5 Å². The van der Waals surface area contributed by atoms with E-state index in [0.717, 1.165) is 11.4 Å². The molecule has 2 rings (SSSR count). The Morgan fingerprint density at radius 3 is 2.85 bits per heavy atom. The van der Waals surface area contributed by atoms with E-state index >= 15 is 0 Å². The predicted molar refractivity (Wildman–Crippen MR) is 81.4 cm³/mol. The number of methoxy groups -OCH3 is 1. The van der Waals surface area contributed by atoms with Crippen molar-refractivity contribution in [1.82, 2.24) is 4.57 Å². The van der Waals surface area contributed by atoms with E-state index in [1.165, 1.54) is 6.07 Å².